The molecule has 0 unspecified atom stereocenters. The molecule has 23 heavy (non-hydrogen) atoms. The van der Waals surface area contributed by atoms with Crippen molar-refractivity contribution in [3.63, 3.8) is 0 Å². The highest BCUT2D eigenvalue weighted by Crippen LogP contribution is 2.21. The number of rotatable bonds is 4. The highest BCUT2D eigenvalue weighted by Gasteiger charge is 2.07. The van der Waals surface area contributed by atoms with Crippen LogP contribution in [-0.2, 0) is 11.3 Å². The van der Waals surface area contributed by atoms with E-state index < -0.39 is 0 Å². The fourth-order valence-electron chi connectivity index (χ4n) is 1.98. The van der Waals surface area contributed by atoms with Crippen molar-refractivity contribution < 1.29 is 4.79 Å². The van der Waals surface area contributed by atoms with E-state index in [2.05, 4.69) is 20.8 Å². The molecule has 0 saturated heterocycles. The first kappa shape index (κ1) is 15.5. The summed E-state index contributed by atoms with van der Waals surface area (Å²) in [6.45, 7) is 0.0270. The third-order valence-electron chi connectivity index (χ3n) is 3.06. The van der Waals surface area contributed by atoms with Gasteiger partial charge in [0.15, 0.2) is 0 Å². The number of benzene rings is 2. The second-order valence-corrected chi connectivity index (χ2v) is 5.52. The number of aromatic nitrogens is 3. The van der Waals surface area contributed by atoms with E-state index >= 15 is 0 Å². The van der Waals surface area contributed by atoms with Gasteiger partial charge in [-0.25, -0.2) is 10.1 Å². The lowest BCUT2D eigenvalue weighted by Crippen LogP contribution is -2.23. The molecule has 6 nitrogen and oxygen atoms in total. The van der Waals surface area contributed by atoms with Gasteiger partial charge in [-0.2, -0.15) is 5.10 Å². The Hall–Kier alpha value is -2.44. The highest BCUT2D eigenvalue weighted by molar-refractivity contribution is 6.42. The van der Waals surface area contributed by atoms with Crippen LogP contribution in [0.5, 0.6) is 0 Å². The summed E-state index contributed by atoms with van der Waals surface area (Å²) in [5.74, 6) is -0.308. The van der Waals surface area contributed by atoms with E-state index in [-0.39, 0.29) is 12.5 Å². The van der Waals surface area contributed by atoms with E-state index in [1.54, 1.807) is 18.2 Å². The highest BCUT2D eigenvalue weighted by atomic mass is 35.5. The lowest BCUT2D eigenvalue weighted by atomic mass is 10.2. The minimum absolute atomic E-state index is 0.0270. The number of para-hydroxylation sites is 1. The largest absolute Gasteiger partial charge is 0.271 e. The lowest BCUT2D eigenvalue weighted by Gasteiger charge is -2.01. The molecule has 0 aliphatic rings. The Morgan fingerprint density at radius 3 is 2.87 bits per heavy atom. The van der Waals surface area contributed by atoms with Crippen LogP contribution in [0.25, 0.3) is 11.0 Å². The first-order valence-electron chi connectivity index (χ1n) is 6.68. The number of hydrogen-bond donors (Lipinski definition) is 1. The molecule has 2 aromatic carbocycles. The van der Waals surface area contributed by atoms with Crippen molar-refractivity contribution >= 4 is 46.4 Å². The summed E-state index contributed by atoms with van der Waals surface area (Å²) in [5.41, 5.74) is 4.69. The number of carbonyl (C=O) groups is 1. The predicted octanol–water partition coefficient (Wildman–Crippen LogP) is 2.89. The van der Waals surface area contributed by atoms with Crippen LogP contribution < -0.4 is 5.43 Å². The van der Waals surface area contributed by atoms with Crippen LogP contribution in [0.2, 0.25) is 10.0 Å². The molecule has 0 aliphatic carbocycles. The van der Waals surface area contributed by atoms with Crippen LogP contribution in [-0.4, -0.2) is 27.1 Å². The average Bonchev–Trinajstić information content (AvgIpc) is 2.94. The molecule has 0 radical (unpaired) electrons. The molecule has 1 amide bonds. The Morgan fingerprint density at radius 2 is 2.04 bits per heavy atom. The van der Waals surface area contributed by atoms with Crippen molar-refractivity contribution in [1.82, 2.24) is 20.4 Å². The zero-order valence-corrected chi connectivity index (χ0v) is 13.3. The number of hydrogen-bond acceptors (Lipinski definition) is 4. The van der Waals surface area contributed by atoms with Crippen LogP contribution in [0.1, 0.15) is 5.56 Å². The molecule has 3 rings (SSSR count). The van der Waals surface area contributed by atoms with Crippen molar-refractivity contribution in [3.8, 4) is 0 Å². The molecule has 1 heterocycles. The molecular weight excluding hydrogens is 337 g/mol. The van der Waals surface area contributed by atoms with Crippen LogP contribution in [0, 0.1) is 0 Å². The second kappa shape index (κ2) is 6.76. The molecular formula is C15H11Cl2N5O. The van der Waals surface area contributed by atoms with Crippen molar-refractivity contribution in [2.75, 3.05) is 0 Å². The van der Waals surface area contributed by atoms with Gasteiger partial charge in [0.25, 0.3) is 5.91 Å². The SMILES string of the molecule is O=C(Cn1nnc2ccccc21)N/N=C\c1ccc(Cl)c(Cl)c1. The zero-order valence-electron chi connectivity index (χ0n) is 11.8. The zero-order chi connectivity index (χ0) is 16.2. The van der Waals surface area contributed by atoms with E-state index in [0.717, 1.165) is 16.6 Å². The van der Waals surface area contributed by atoms with E-state index in [1.165, 1.54) is 10.9 Å². The molecule has 3 aromatic rings. The topological polar surface area (TPSA) is 72.2 Å². The molecule has 0 bridgehead atoms. The van der Waals surface area contributed by atoms with Gasteiger partial charge < -0.3 is 0 Å². The smallest absolute Gasteiger partial charge is 0.261 e. The van der Waals surface area contributed by atoms with Crippen molar-refractivity contribution in [2.24, 2.45) is 5.10 Å². The van der Waals surface area contributed by atoms with Crippen LogP contribution in [0.3, 0.4) is 0 Å². The molecule has 0 atom stereocenters. The first-order chi connectivity index (χ1) is 11.1. The monoisotopic (exact) mass is 347 g/mol. The van der Waals surface area contributed by atoms with Gasteiger partial charge >= 0.3 is 0 Å². The summed E-state index contributed by atoms with van der Waals surface area (Å²) in [4.78, 5) is 11.9. The summed E-state index contributed by atoms with van der Waals surface area (Å²) in [6, 6.07) is 12.5. The fourth-order valence-corrected chi connectivity index (χ4v) is 2.28. The summed E-state index contributed by atoms with van der Waals surface area (Å²) < 4.78 is 1.51. The number of amides is 1. The summed E-state index contributed by atoms with van der Waals surface area (Å²) in [5, 5.41) is 12.7. The van der Waals surface area contributed by atoms with E-state index in [4.69, 9.17) is 23.2 Å². The number of fused-ring (bicyclic) bond motifs is 1. The standard InChI is InChI=1S/C15H11Cl2N5O/c16-11-6-5-10(7-12(11)17)8-18-20-15(23)9-22-14-4-2-1-3-13(14)19-21-22/h1-8H,9H2,(H,20,23)/b18-8-. The lowest BCUT2D eigenvalue weighted by molar-refractivity contribution is -0.121. The third-order valence-corrected chi connectivity index (χ3v) is 3.80. The molecule has 0 aliphatic heterocycles. The maximum Gasteiger partial charge on any atom is 0.261 e. The van der Waals surface area contributed by atoms with Crippen molar-refractivity contribution in [3.05, 3.63) is 58.1 Å². The molecule has 1 aromatic heterocycles. The molecule has 8 heteroatoms. The average molecular weight is 348 g/mol. The quantitative estimate of drug-likeness (QED) is 0.582. The Bertz CT molecular complexity index is 890. The fraction of sp³-hybridized carbons (Fsp3) is 0.0667. The van der Waals surface area contributed by atoms with Crippen LogP contribution in [0.15, 0.2) is 47.6 Å². The Balaban J connectivity index is 1.63. The summed E-state index contributed by atoms with van der Waals surface area (Å²) in [7, 11) is 0. The Kier molecular flexibility index (Phi) is 4.55. The normalized spacial score (nSPS) is 11.2. The second-order valence-electron chi connectivity index (χ2n) is 4.70. The van der Waals surface area contributed by atoms with E-state index in [9.17, 15) is 4.79 Å². The number of carbonyl (C=O) groups excluding carboxylic acids is 1. The van der Waals surface area contributed by atoms with Gasteiger partial charge in [-0.15, -0.1) is 5.10 Å². The maximum atomic E-state index is 11.9. The Morgan fingerprint density at radius 1 is 1.22 bits per heavy atom. The summed E-state index contributed by atoms with van der Waals surface area (Å²) >= 11 is 11.7. The van der Waals surface area contributed by atoms with Gasteiger partial charge in [0.2, 0.25) is 0 Å². The van der Waals surface area contributed by atoms with Gasteiger partial charge in [0.1, 0.15) is 12.1 Å². The van der Waals surface area contributed by atoms with Gasteiger partial charge in [-0.3, -0.25) is 4.79 Å². The summed E-state index contributed by atoms with van der Waals surface area (Å²) in [6.07, 6.45) is 1.49. The Labute approximate surface area is 141 Å². The number of nitrogens with zero attached hydrogens (tertiary/aromatic N) is 4. The minimum atomic E-state index is -0.308. The maximum absolute atomic E-state index is 11.9. The van der Waals surface area contributed by atoms with E-state index in [1.807, 2.05) is 24.3 Å². The number of nitrogens with one attached hydrogen (secondary N) is 1. The van der Waals surface area contributed by atoms with Crippen LogP contribution >= 0.6 is 23.2 Å². The molecule has 0 saturated carbocycles. The van der Waals surface area contributed by atoms with Gasteiger partial charge in [0, 0.05) is 0 Å². The minimum Gasteiger partial charge on any atom is -0.271 e. The molecule has 1 N–H and O–H groups in total. The number of hydrazone groups is 1. The van der Waals surface area contributed by atoms with Gasteiger partial charge in [0.05, 0.1) is 21.8 Å². The van der Waals surface area contributed by atoms with E-state index in [0.29, 0.717) is 10.0 Å². The van der Waals surface area contributed by atoms with Gasteiger partial charge in [-0.05, 0) is 29.8 Å². The number of halogens is 2. The van der Waals surface area contributed by atoms with Crippen molar-refractivity contribution in [1.29, 1.82) is 0 Å². The molecule has 116 valence electrons. The third kappa shape index (κ3) is 3.67. The van der Waals surface area contributed by atoms with Crippen molar-refractivity contribution in [2.45, 2.75) is 6.54 Å². The first-order valence-corrected chi connectivity index (χ1v) is 7.44. The van der Waals surface area contributed by atoms with Gasteiger partial charge in [-0.1, -0.05) is 46.6 Å². The molecule has 0 fully saturated rings. The van der Waals surface area contributed by atoms with Crippen LogP contribution in [0.4, 0.5) is 0 Å². The molecule has 0 spiro atoms. The predicted molar refractivity (Wildman–Crippen MR) is 89.7 cm³/mol.